The van der Waals surface area contributed by atoms with Gasteiger partial charge in [0.25, 0.3) is 0 Å². The minimum Gasteiger partial charge on any atom is -0.496 e. The Balaban J connectivity index is 3.32. The van der Waals surface area contributed by atoms with Gasteiger partial charge in [0.15, 0.2) is 0 Å². The zero-order valence-corrected chi connectivity index (χ0v) is 10.1. The van der Waals surface area contributed by atoms with Crippen molar-refractivity contribution in [2.45, 2.75) is 13.8 Å². The summed E-state index contributed by atoms with van der Waals surface area (Å²) in [5, 5.41) is 9.36. The number of carboxylic acids is 1. The molecular weight excluding hydrogens is 228 g/mol. The lowest BCUT2D eigenvalue weighted by Crippen LogP contribution is -1.97. The molecule has 0 heterocycles. The van der Waals surface area contributed by atoms with Crippen molar-refractivity contribution in [3.63, 3.8) is 0 Å². The van der Waals surface area contributed by atoms with E-state index in [4.69, 9.17) is 21.4 Å². The van der Waals surface area contributed by atoms with Crippen LogP contribution >= 0.6 is 11.6 Å². The quantitative estimate of drug-likeness (QED) is 0.826. The number of hydrogen-bond acceptors (Lipinski definition) is 2. The second-order valence-electron chi connectivity index (χ2n) is 3.48. The first-order valence-corrected chi connectivity index (χ1v) is 5.09. The van der Waals surface area contributed by atoms with E-state index < -0.39 is 5.97 Å². The molecule has 0 saturated carbocycles. The molecular formula is C12H13ClO3. The van der Waals surface area contributed by atoms with E-state index in [0.717, 1.165) is 5.56 Å². The minimum atomic E-state index is -0.959. The second-order valence-corrected chi connectivity index (χ2v) is 3.91. The molecule has 1 aromatic carbocycles. The summed E-state index contributed by atoms with van der Waals surface area (Å²) in [6, 6.07) is 3.45. The summed E-state index contributed by atoms with van der Waals surface area (Å²) in [5.41, 5.74) is 1.78. The fraction of sp³-hybridized carbons (Fsp3) is 0.250. The average molecular weight is 241 g/mol. The third-order valence-electron chi connectivity index (χ3n) is 2.18. The van der Waals surface area contributed by atoms with Crippen LogP contribution in [0.5, 0.6) is 5.75 Å². The maximum absolute atomic E-state index is 10.7. The molecule has 0 aromatic heterocycles. The van der Waals surface area contributed by atoms with Crippen molar-refractivity contribution in [3.8, 4) is 5.75 Å². The van der Waals surface area contributed by atoms with Gasteiger partial charge < -0.3 is 9.84 Å². The van der Waals surface area contributed by atoms with E-state index in [-0.39, 0.29) is 5.57 Å². The summed E-state index contributed by atoms with van der Waals surface area (Å²) >= 11 is 5.91. The average Bonchev–Trinajstić information content (AvgIpc) is 2.16. The Bertz CT molecular complexity index is 450. The first-order chi connectivity index (χ1) is 7.45. The van der Waals surface area contributed by atoms with E-state index in [9.17, 15) is 4.79 Å². The van der Waals surface area contributed by atoms with Gasteiger partial charge in [-0.15, -0.1) is 0 Å². The number of carbonyl (C=O) groups is 1. The van der Waals surface area contributed by atoms with Gasteiger partial charge in [0.2, 0.25) is 0 Å². The Morgan fingerprint density at radius 1 is 1.50 bits per heavy atom. The van der Waals surface area contributed by atoms with Gasteiger partial charge in [-0.1, -0.05) is 11.6 Å². The van der Waals surface area contributed by atoms with E-state index in [0.29, 0.717) is 16.3 Å². The Morgan fingerprint density at radius 3 is 2.62 bits per heavy atom. The lowest BCUT2D eigenvalue weighted by atomic mass is 10.1. The van der Waals surface area contributed by atoms with E-state index in [1.165, 1.54) is 6.92 Å². The number of rotatable bonds is 3. The van der Waals surface area contributed by atoms with Crippen LogP contribution in [0.1, 0.15) is 18.1 Å². The summed E-state index contributed by atoms with van der Waals surface area (Å²) in [6.45, 7) is 3.39. The Morgan fingerprint density at radius 2 is 2.12 bits per heavy atom. The number of ether oxygens (including phenoxy) is 1. The summed E-state index contributed by atoms with van der Waals surface area (Å²) < 4.78 is 5.22. The van der Waals surface area contributed by atoms with Crippen LogP contribution in [0.3, 0.4) is 0 Å². The van der Waals surface area contributed by atoms with Crippen molar-refractivity contribution in [1.29, 1.82) is 0 Å². The molecule has 0 atom stereocenters. The van der Waals surface area contributed by atoms with Crippen LogP contribution in [-0.4, -0.2) is 18.2 Å². The Hall–Kier alpha value is -1.48. The van der Waals surface area contributed by atoms with Crippen molar-refractivity contribution in [3.05, 3.63) is 33.9 Å². The number of carboxylic acid groups (broad SMARTS) is 1. The predicted molar refractivity (Wildman–Crippen MR) is 64.0 cm³/mol. The highest BCUT2D eigenvalue weighted by Gasteiger charge is 2.08. The second kappa shape index (κ2) is 5.03. The predicted octanol–water partition coefficient (Wildman–Crippen LogP) is 3.14. The number of benzene rings is 1. The number of aryl methyl sites for hydroxylation is 1. The van der Waals surface area contributed by atoms with E-state index in [1.54, 1.807) is 25.3 Å². The molecule has 16 heavy (non-hydrogen) atoms. The van der Waals surface area contributed by atoms with Crippen molar-refractivity contribution >= 4 is 23.6 Å². The lowest BCUT2D eigenvalue weighted by molar-refractivity contribution is -0.132. The van der Waals surface area contributed by atoms with Crippen molar-refractivity contribution in [2.24, 2.45) is 0 Å². The van der Waals surface area contributed by atoms with Crippen LogP contribution in [0.15, 0.2) is 17.7 Å². The molecule has 0 radical (unpaired) electrons. The first-order valence-electron chi connectivity index (χ1n) is 4.71. The van der Waals surface area contributed by atoms with E-state index in [2.05, 4.69) is 0 Å². The SMILES string of the molecule is COc1c(C)cc(Cl)cc1/C=C(\C)C(=O)O. The summed E-state index contributed by atoms with van der Waals surface area (Å²) in [4.78, 5) is 10.7. The highest BCUT2D eigenvalue weighted by Crippen LogP contribution is 2.29. The third kappa shape index (κ3) is 2.76. The minimum absolute atomic E-state index is 0.236. The zero-order chi connectivity index (χ0) is 12.3. The fourth-order valence-electron chi connectivity index (χ4n) is 1.44. The standard InChI is InChI=1S/C12H13ClO3/c1-7-5-10(13)6-9(11(7)16-3)4-8(2)12(14)15/h4-6H,1-3H3,(H,14,15)/b8-4+. The van der Waals surface area contributed by atoms with Gasteiger partial charge >= 0.3 is 5.97 Å². The van der Waals surface area contributed by atoms with Crippen LogP contribution in [0, 0.1) is 6.92 Å². The van der Waals surface area contributed by atoms with Gasteiger partial charge in [0, 0.05) is 16.2 Å². The van der Waals surface area contributed by atoms with Crippen LogP contribution < -0.4 is 4.74 Å². The number of methoxy groups -OCH3 is 1. The lowest BCUT2D eigenvalue weighted by Gasteiger charge is -2.09. The molecule has 1 aromatic rings. The van der Waals surface area contributed by atoms with Crippen molar-refractivity contribution in [2.75, 3.05) is 7.11 Å². The molecule has 0 aliphatic carbocycles. The van der Waals surface area contributed by atoms with Crippen LogP contribution in [0.25, 0.3) is 6.08 Å². The molecule has 3 nitrogen and oxygen atoms in total. The maximum atomic E-state index is 10.7. The van der Waals surface area contributed by atoms with Crippen LogP contribution in [0.4, 0.5) is 0 Å². The first kappa shape index (κ1) is 12.6. The van der Waals surface area contributed by atoms with Gasteiger partial charge in [0.05, 0.1) is 7.11 Å². The number of aliphatic carboxylic acids is 1. The van der Waals surface area contributed by atoms with E-state index in [1.807, 2.05) is 6.92 Å². The highest BCUT2D eigenvalue weighted by atomic mass is 35.5. The fourth-order valence-corrected chi connectivity index (χ4v) is 1.72. The van der Waals surface area contributed by atoms with Gasteiger partial charge in [-0.25, -0.2) is 4.79 Å². The van der Waals surface area contributed by atoms with Crippen LogP contribution in [-0.2, 0) is 4.79 Å². The molecule has 0 aliphatic rings. The maximum Gasteiger partial charge on any atom is 0.331 e. The Kier molecular flexibility index (Phi) is 3.96. The molecule has 0 amide bonds. The molecule has 0 saturated heterocycles. The van der Waals surface area contributed by atoms with Crippen molar-refractivity contribution in [1.82, 2.24) is 0 Å². The smallest absolute Gasteiger partial charge is 0.331 e. The van der Waals surface area contributed by atoms with Gasteiger partial charge in [-0.2, -0.15) is 0 Å². The molecule has 0 aliphatic heterocycles. The highest BCUT2D eigenvalue weighted by molar-refractivity contribution is 6.30. The Labute approximate surface area is 99.3 Å². The molecule has 0 spiro atoms. The van der Waals surface area contributed by atoms with Gasteiger partial charge in [-0.3, -0.25) is 0 Å². The number of hydrogen-bond donors (Lipinski definition) is 1. The van der Waals surface area contributed by atoms with E-state index >= 15 is 0 Å². The molecule has 1 N–H and O–H groups in total. The molecule has 0 fully saturated rings. The van der Waals surface area contributed by atoms with Crippen molar-refractivity contribution < 1.29 is 14.6 Å². The molecule has 4 heteroatoms. The summed E-state index contributed by atoms with van der Waals surface area (Å²) in [5.74, 6) is -0.315. The molecule has 1 rings (SSSR count). The normalized spacial score (nSPS) is 11.4. The van der Waals surface area contributed by atoms with Gasteiger partial charge in [-0.05, 0) is 37.6 Å². The third-order valence-corrected chi connectivity index (χ3v) is 2.40. The zero-order valence-electron chi connectivity index (χ0n) is 9.37. The topological polar surface area (TPSA) is 46.5 Å². The molecule has 86 valence electrons. The summed E-state index contributed by atoms with van der Waals surface area (Å²) in [7, 11) is 1.55. The monoisotopic (exact) mass is 240 g/mol. The van der Waals surface area contributed by atoms with Crippen LogP contribution in [0.2, 0.25) is 5.02 Å². The summed E-state index contributed by atoms with van der Waals surface area (Å²) in [6.07, 6.45) is 1.54. The molecule has 0 bridgehead atoms. The number of halogens is 1. The molecule has 0 unspecified atom stereocenters. The largest absolute Gasteiger partial charge is 0.496 e. The van der Waals surface area contributed by atoms with Gasteiger partial charge in [0.1, 0.15) is 5.75 Å².